The molecule has 0 spiro atoms. The molecule has 1 aromatic heterocycles. The summed E-state index contributed by atoms with van der Waals surface area (Å²) in [7, 11) is 1.51. The predicted octanol–water partition coefficient (Wildman–Crippen LogP) is -0.0819. The van der Waals surface area contributed by atoms with Crippen LogP contribution in [-0.4, -0.2) is 46.2 Å². The molecule has 0 saturated heterocycles. The number of aliphatic hydroxyl groups excluding tert-OH is 1. The zero-order valence-electron chi connectivity index (χ0n) is 14.1. The molecule has 0 atom stereocenters. The number of aliphatic imine (C=N–C) groups is 2. The van der Waals surface area contributed by atoms with Gasteiger partial charge in [-0.25, -0.2) is 9.67 Å². The molecule has 1 aliphatic carbocycles. The molecular weight excluding hydrogens is 324 g/mol. The first kappa shape index (κ1) is 17.0. The molecule has 1 aromatic rings. The van der Waals surface area contributed by atoms with Crippen molar-refractivity contribution in [2.24, 2.45) is 15.7 Å². The lowest BCUT2D eigenvalue weighted by atomic mass is 10.1. The summed E-state index contributed by atoms with van der Waals surface area (Å²) in [5.74, 6) is 0.807. The van der Waals surface area contributed by atoms with Gasteiger partial charge < -0.3 is 21.3 Å². The second kappa shape index (κ2) is 6.98. The molecule has 0 saturated carbocycles. The van der Waals surface area contributed by atoms with Crippen LogP contribution in [0.1, 0.15) is 12.8 Å². The molecule has 25 heavy (non-hydrogen) atoms. The summed E-state index contributed by atoms with van der Waals surface area (Å²) in [5, 5.41) is 8.91. The Labute approximate surface area is 144 Å². The fourth-order valence-corrected chi connectivity index (χ4v) is 2.93. The van der Waals surface area contributed by atoms with Crippen LogP contribution in [0.2, 0.25) is 0 Å². The lowest BCUT2D eigenvalue weighted by molar-refractivity contribution is 0.304. The van der Waals surface area contributed by atoms with Gasteiger partial charge in [0.1, 0.15) is 11.5 Å². The van der Waals surface area contributed by atoms with Gasteiger partial charge in [0, 0.05) is 19.2 Å². The third-order valence-corrected chi connectivity index (χ3v) is 4.18. The number of nitrogens with two attached hydrogens (primary N) is 2. The number of ether oxygens (including phenoxy) is 1. The summed E-state index contributed by atoms with van der Waals surface area (Å²) in [4.78, 5) is 21.2. The Balaban J connectivity index is 2.04. The summed E-state index contributed by atoms with van der Waals surface area (Å²) < 4.78 is 8.69. The summed E-state index contributed by atoms with van der Waals surface area (Å²) in [6.07, 6.45) is 5.15. The Hall–Kier alpha value is -2.81. The van der Waals surface area contributed by atoms with Crippen LogP contribution in [0.15, 0.2) is 38.4 Å². The normalized spacial score (nSPS) is 20.4. The standard InChI is InChI=1S/C16H22N6O3/c1-25-13-9-11(10(17)8-12(13)19-4-7-23)20-14-15(18)21-5-2-3-6-22(21)16(14)24/h8-9,23H,2-7,17-18H2,1H3/b19-12+,20-11-. The SMILES string of the molecule is COC1=CC(=N/c2c(N)n3n(c2=O)CCCC3)/C(N)=CC/1=N\CCO. The fraction of sp³-hybridized carbons (Fsp3) is 0.438. The van der Waals surface area contributed by atoms with Gasteiger partial charge in [0.15, 0.2) is 11.5 Å². The molecular formula is C16H22N6O3. The highest BCUT2D eigenvalue weighted by molar-refractivity contribution is 6.23. The van der Waals surface area contributed by atoms with Crippen LogP contribution in [0.3, 0.4) is 0 Å². The van der Waals surface area contributed by atoms with E-state index >= 15 is 0 Å². The van der Waals surface area contributed by atoms with Crippen molar-refractivity contribution in [2.45, 2.75) is 25.9 Å². The van der Waals surface area contributed by atoms with E-state index < -0.39 is 0 Å². The molecule has 2 heterocycles. The lowest BCUT2D eigenvalue weighted by Crippen LogP contribution is -2.27. The molecule has 0 bridgehead atoms. The third-order valence-electron chi connectivity index (χ3n) is 4.18. The number of hydrogen-bond acceptors (Lipinski definition) is 7. The van der Waals surface area contributed by atoms with E-state index in [9.17, 15) is 4.79 Å². The molecule has 5 N–H and O–H groups in total. The summed E-state index contributed by atoms with van der Waals surface area (Å²) in [6, 6.07) is 0. The summed E-state index contributed by atoms with van der Waals surface area (Å²) >= 11 is 0. The van der Waals surface area contributed by atoms with Crippen molar-refractivity contribution < 1.29 is 9.84 Å². The molecule has 0 amide bonds. The Kier molecular flexibility index (Phi) is 4.75. The average molecular weight is 346 g/mol. The van der Waals surface area contributed by atoms with Gasteiger partial charge in [0.05, 0.1) is 31.7 Å². The third kappa shape index (κ3) is 3.10. The topological polar surface area (TPSA) is 133 Å². The van der Waals surface area contributed by atoms with Crippen molar-refractivity contribution in [3.05, 3.63) is 34.0 Å². The number of hydrogen-bond donors (Lipinski definition) is 3. The van der Waals surface area contributed by atoms with E-state index in [1.165, 1.54) is 7.11 Å². The van der Waals surface area contributed by atoms with Gasteiger partial charge in [0.2, 0.25) is 0 Å². The first-order valence-corrected chi connectivity index (χ1v) is 8.13. The minimum atomic E-state index is -0.218. The van der Waals surface area contributed by atoms with Gasteiger partial charge in [-0.3, -0.25) is 14.5 Å². The van der Waals surface area contributed by atoms with Crippen molar-refractivity contribution in [3.8, 4) is 0 Å². The number of aromatic nitrogens is 2. The van der Waals surface area contributed by atoms with Crippen LogP contribution in [-0.2, 0) is 17.8 Å². The smallest absolute Gasteiger partial charge is 0.294 e. The maximum absolute atomic E-state index is 12.6. The number of anilines is 1. The first-order valence-electron chi connectivity index (χ1n) is 8.13. The zero-order valence-corrected chi connectivity index (χ0v) is 14.1. The predicted molar refractivity (Wildman–Crippen MR) is 96.2 cm³/mol. The van der Waals surface area contributed by atoms with E-state index in [-0.39, 0.29) is 24.4 Å². The maximum atomic E-state index is 12.6. The van der Waals surface area contributed by atoms with Gasteiger partial charge in [-0.15, -0.1) is 0 Å². The lowest BCUT2D eigenvalue weighted by Gasteiger charge is -2.17. The number of methoxy groups -OCH3 is 1. The van der Waals surface area contributed by atoms with Gasteiger partial charge >= 0.3 is 0 Å². The van der Waals surface area contributed by atoms with E-state index in [2.05, 4.69) is 9.98 Å². The van der Waals surface area contributed by atoms with Crippen molar-refractivity contribution >= 4 is 22.9 Å². The molecule has 3 rings (SSSR count). The van der Waals surface area contributed by atoms with Crippen LogP contribution in [0.25, 0.3) is 0 Å². The number of fused-ring (bicyclic) bond motifs is 1. The molecule has 2 aliphatic rings. The van der Waals surface area contributed by atoms with Crippen molar-refractivity contribution in [1.29, 1.82) is 0 Å². The molecule has 0 radical (unpaired) electrons. The maximum Gasteiger partial charge on any atom is 0.294 e. The van der Waals surface area contributed by atoms with Gasteiger partial charge in [-0.1, -0.05) is 0 Å². The Morgan fingerprint density at radius 2 is 1.92 bits per heavy atom. The largest absolute Gasteiger partial charge is 0.494 e. The number of allylic oxidation sites excluding steroid dienone is 2. The first-order chi connectivity index (χ1) is 12.1. The molecule has 9 heteroatoms. The van der Waals surface area contributed by atoms with Crippen LogP contribution >= 0.6 is 0 Å². The molecule has 0 unspecified atom stereocenters. The monoisotopic (exact) mass is 346 g/mol. The number of nitrogen functional groups attached to an aromatic ring is 1. The van der Waals surface area contributed by atoms with E-state index in [1.807, 2.05) is 0 Å². The molecule has 9 nitrogen and oxygen atoms in total. The number of rotatable bonds is 4. The van der Waals surface area contributed by atoms with Crippen LogP contribution < -0.4 is 17.0 Å². The Bertz CT molecular complexity index is 856. The van der Waals surface area contributed by atoms with Crippen LogP contribution in [0.4, 0.5) is 11.5 Å². The Morgan fingerprint density at radius 1 is 1.20 bits per heavy atom. The molecule has 0 fully saturated rings. The van der Waals surface area contributed by atoms with Crippen molar-refractivity contribution in [3.63, 3.8) is 0 Å². The second-order valence-corrected chi connectivity index (χ2v) is 5.79. The van der Waals surface area contributed by atoms with E-state index in [4.69, 9.17) is 21.3 Å². The number of aliphatic hydroxyl groups is 1. The highest BCUT2D eigenvalue weighted by atomic mass is 16.5. The number of nitrogens with zero attached hydrogens (tertiary/aromatic N) is 4. The van der Waals surface area contributed by atoms with Crippen molar-refractivity contribution in [2.75, 3.05) is 26.0 Å². The van der Waals surface area contributed by atoms with Gasteiger partial charge in [-0.2, -0.15) is 0 Å². The molecule has 1 aliphatic heterocycles. The second-order valence-electron chi connectivity index (χ2n) is 5.79. The average Bonchev–Trinajstić information content (AvgIpc) is 2.87. The fourth-order valence-electron chi connectivity index (χ4n) is 2.93. The van der Waals surface area contributed by atoms with E-state index in [0.29, 0.717) is 41.8 Å². The minimum absolute atomic E-state index is 0.0707. The highest BCUT2D eigenvalue weighted by Gasteiger charge is 2.22. The highest BCUT2D eigenvalue weighted by Crippen LogP contribution is 2.24. The molecule has 0 aromatic carbocycles. The van der Waals surface area contributed by atoms with E-state index in [0.717, 1.165) is 12.8 Å². The zero-order chi connectivity index (χ0) is 18.0. The minimum Gasteiger partial charge on any atom is -0.494 e. The summed E-state index contributed by atoms with van der Waals surface area (Å²) in [5.41, 5.74) is 13.4. The van der Waals surface area contributed by atoms with E-state index in [1.54, 1.807) is 21.5 Å². The quantitative estimate of drug-likeness (QED) is 0.656. The summed E-state index contributed by atoms with van der Waals surface area (Å²) in [6.45, 7) is 1.51. The van der Waals surface area contributed by atoms with Gasteiger partial charge in [0.25, 0.3) is 5.56 Å². The Morgan fingerprint density at radius 3 is 2.56 bits per heavy atom. The molecule has 134 valence electrons. The van der Waals surface area contributed by atoms with Crippen LogP contribution in [0, 0.1) is 0 Å². The van der Waals surface area contributed by atoms with Gasteiger partial charge in [-0.05, 0) is 18.9 Å². The van der Waals surface area contributed by atoms with Crippen molar-refractivity contribution in [1.82, 2.24) is 9.36 Å². The van der Waals surface area contributed by atoms with Crippen LogP contribution in [0.5, 0.6) is 0 Å².